The zero-order valence-corrected chi connectivity index (χ0v) is 48.7. The monoisotopic (exact) mass is 1030 g/mol. The molecule has 0 fully saturated rings. The Balaban J connectivity index is 4.73. The average Bonchev–Trinajstić information content (AvgIpc) is 3.35. The summed E-state index contributed by atoms with van der Waals surface area (Å²) in [7, 11) is 5.96. The molecule has 0 saturated carbocycles. The highest BCUT2D eigenvalue weighted by molar-refractivity contribution is 5.88. The molecular formula is C61H114N6O6. The summed E-state index contributed by atoms with van der Waals surface area (Å²) in [4.78, 5) is 60.2. The number of carbonyl (C=O) groups excluding carboxylic acids is 4. The lowest BCUT2D eigenvalue weighted by molar-refractivity contribution is -0.142. The minimum atomic E-state index is -0.546. The highest BCUT2D eigenvalue weighted by Gasteiger charge is 2.33. The van der Waals surface area contributed by atoms with Gasteiger partial charge in [-0.3, -0.25) is 19.2 Å². The van der Waals surface area contributed by atoms with Gasteiger partial charge in [0.05, 0.1) is 26.4 Å². The van der Waals surface area contributed by atoms with Crippen molar-refractivity contribution in [2.75, 3.05) is 86.8 Å². The van der Waals surface area contributed by atoms with Gasteiger partial charge in [-0.1, -0.05) is 154 Å². The minimum Gasteiger partial charge on any atom is -0.377 e. The van der Waals surface area contributed by atoms with Crippen LogP contribution in [0.5, 0.6) is 0 Å². The molecule has 0 aromatic carbocycles. The van der Waals surface area contributed by atoms with Crippen molar-refractivity contribution >= 4 is 23.6 Å². The van der Waals surface area contributed by atoms with E-state index in [0.29, 0.717) is 65.4 Å². The first-order valence-corrected chi connectivity index (χ1v) is 29.6. The van der Waals surface area contributed by atoms with Crippen LogP contribution in [0.1, 0.15) is 208 Å². The van der Waals surface area contributed by atoms with E-state index in [1.165, 1.54) is 70.6 Å². The lowest BCUT2D eigenvalue weighted by Gasteiger charge is -2.34. The van der Waals surface area contributed by atoms with Crippen LogP contribution in [-0.2, 0) is 28.7 Å². The maximum atomic E-state index is 13.7. The number of unbranched alkanes of at least 4 members (excludes halogenated alkanes) is 16. The van der Waals surface area contributed by atoms with Crippen LogP contribution in [0.25, 0.3) is 0 Å². The maximum Gasteiger partial charge on any atom is 0.243 e. The third-order valence-electron chi connectivity index (χ3n) is 13.1. The molecule has 73 heavy (non-hydrogen) atoms. The van der Waals surface area contributed by atoms with Crippen molar-refractivity contribution in [3.63, 3.8) is 0 Å². The molecule has 12 nitrogen and oxygen atoms in total. The van der Waals surface area contributed by atoms with Crippen molar-refractivity contribution in [2.24, 2.45) is 11.8 Å². The van der Waals surface area contributed by atoms with Gasteiger partial charge in [0.2, 0.25) is 23.6 Å². The van der Waals surface area contributed by atoms with E-state index in [1.54, 1.807) is 4.90 Å². The maximum absolute atomic E-state index is 13.7. The zero-order chi connectivity index (χ0) is 54.0. The minimum absolute atomic E-state index is 0.0406. The van der Waals surface area contributed by atoms with Gasteiger partial charge < -0.3 is 40.1 Å². The molecule has 0 bridgehead atoms. The molecule has 0 rings (SSSR count). The van der Waals surface area contributed by atoms with E-state index < -0.39 is 12.1 Å². The molecule has 0 aliphatic carbocycles. The number of ether oxygens (including phenoxy) is 2. The first-order chi connectivity index (χ1) is 35.4. The van der Waals surface area contributed by atoms with E-state index in [0.717, 1.165) is 96.6 Å². The van der Waals surface area contributed by atoms with Gasteiger partial charge in [0.15, 0.2) is 0 Å². The molecular weight excluding hydrogens is 913 g/mol. The number of hydrogen-bond donors (Lipinski definition) is 3. The summed E-state index contributed by atoms with van der Waals surface area (Å²) in [6, 6.07) is -1.09. The predicted octanol–water partition coefficient (Wildman–Crippen LogP) is 12.1. The molecule has 0 aromatic rings. The number of allylic oxidation sites excluding steroid dienone is 8. The molecule has 2 atom stereocenters. The fourth-order valence-electron chi connectivity index (χ4n) is 8.92. The van der Waals surface area contributed by atoms with Crippen LogP contribution in [0.4, 0.5) is 0 Å². The molecule has 2 unspecified atom stereocenters. The molecule has 0 radical (unpaired) electrons. The predicted molar refractivity (Wildman–Crippen MR) is 309 cm³/mol. The number of rotatable bonds is 51. The number of nitrogens with one attached hydrogen (secondary N) is 3. The average molecular weight is 1030 g/mol. The van der Waals surface area contributed by atoms with Gasteiger partial charge in [0, 0.05) is 39.0 Å². The van der Waals surface area contributed by atoms with E-state index in [4.69, 9.17) is 9.47 Å². The molecule has 3 N–H and O–H groups in total. The lowest BCUT2D eigenvalue weighted by Crippen LogP contribution is -2.53. The van der Waals surface area contributed by atoms with Crippen LogP contribution in [0, 0.1) is 11.8 Å². The molecule has 0 aliphatic rings. The highest BCUT2D eigenvalue weighted by atomic mass is 16.5. The summed E-state index contributed by atoms with van der Waals surface area (Å²) in [6.07, 6.45) is 45.7. The molecule has 424 valence electrons. The van der Waals surface area contributed by atoms with Gasteiger partial charge >= 0.3 is 0 Å². The van der Waals surface area contributed by atoms with Gasteiger partial charge in [0.25, 0.3) is 0 Å². The second-order valence-corrected chi connectivity index (χ2v) is 20.9. The summed E-state index contributed by atoms with van der Waals surface area (Å²) in [5.41, 5.74) is 0. The van der Waals surface area contributed by atoms with Crippen molar-refractivity contribution < 1.29 is 28.7 Å². The number of carbonyl (C=O) groups is 4. The molecule has 12 heteroatoms. The molecule has 0 spiro atoms. The third kappa shape index (κ3) is 40.6. The van der Waals surface area contributed by atoms with Crippen molar-refractivity contribution in [1.29, 1.82) is 0 Å². The van der Waals surface area contributed by atoms with E-state index >= 15 is 0 Å². The summed E-state index contributed by atoms with van der Waals surface area (Å²) in [5.74, 6) is -0.272. The second kappa shape index (κ2) is 50.8. The third-order valence-corrected chi connectivity index (χ3v) is 13.1. The van der Waals surface area contributed by atoms with Gasteiger partial charge in [-0.2, -0.15) is 0 Å². The van der Waals surface area contributed by atoms with Crippen LogP contribution in [0.15, 0.2) is 48.6 Å². The van der Waals surface area contributed by atoms with Crippen molar-refractivity contribution in [1.82, 2.24) is 30.7 Å². The topological polar surface area (TPSA) is 133 Å². The fourth-order valence-corrected chi connectivity index (χ4v) is 8.92. The van der Waals surface area contributed by atoms with Crippen molar-refractivity contribution in [3.05, 3.63) is 48.6 Å². The van der Waals surface area contributed by atoms with Gasteiger partial charge in [-0.05, 0) is 136 Å². The standard InChI is InChI=1S/C61H114N6O6/c1-10-12-14-16-18-20-22-24-26-28-30-32-34-36-38-42-56(68)66(48-40-44-62-7)58(54(3)4)60(70)63-45-50-72-52-53-73-51-46-64-61(71)59(55(5)6)67(49-41-47-65(8)9)57(69)43-39-37-35-33-31-29-27-25-23-21-19-17-15-13-11-2/h18-21,24-27,54-55,58-59,62H,10-17,22-23,28-53H2,1-9H3,(H,63,70)(H,64,71)/b20-18-,21-19-,26-24-,27-25-. The largest absolute Gasteiger partial charge is 0.377 e. The van der Waals surface area contributed by atoms with E-state index in [-0.39, 0.29) is 35.5 Å². The van der Waals surface area contributed by atoms with Crippen molar-refractivity contribution in [3.8, 4) is 0 Å². The lowest BCUT2D eigenvalue weighted by atomic mass is 10.00. The molecule has 0 saturated heterocycles. The van der Waals surface area contributed by atoms with E-state index in [1.807, 2.05) is 53.7 Å². The van der Waals surface area contributed by atoms with Crippen LogP contribution in [0.3, 0.4) is 0 Å². The first-order valence-electron chi connectivity index (χ1n) is 29.6. The SMILES string of the molecule is CCCCC/C=C\C/C=C\CCCCCCCC(=O)N(CCCNC)C(C(=O)NCCOCCOCCNC(=O)C(C(C)C)N(CCCN(C)C)C(=O)CCCCCCC/C=C\C/C=C\CCCCC)C(C)C. The molecule has 0 aromatic heterocycles. The van der Waals surface area contributed by atoms with Crippen LogP contribution in [0.2, 0.25) is 0 Å². The summed E-state index contributed by atoms with van der Waals surface area (Å²) < 4.78 is 11.6. The molecule has 0 heterocycles. The smallest absolute Gasteiger partial charge is 0.243 e. The van der Waals surface area contributed by atoms with E-state index in [9.17, 15) is 19.2 Å². The molecule has 0 aliphatic heterocycles. The van der Waals surface area contributed by atoms with Crippen molar-refractivity contribution in [2.45, 2.75) is 221 Å². The Kier molecular flexibility index (Phi) is 48.5. The van der Waals surface area contributed by atoms with E-state index in [2.05, 4.69) is 83.3 Å². The van der Waals surface area contributed by atoms with Gasteiger partial charge in [-0.25, -0.2) is 0 Å². The molecule has 4 amide bonds. The number of amides is 4. The summed E-state index contributed by atoms with van der Waals surface area (Å²) in [6.45, 7) is 17.2. The second-order valence-electron chi connectivity index (χ2n) is 20.9. The Morgan fingerprint density at radius 1 is 0.438 bits per heavy atom. The highest BCUT2D eigenvalue weighted by Crippen LogP contribution is 2.18. The van der Waals surface area contributed by atoms with Crippen LogP contribution >= 0.6 is 0 Å². The van der Waals surface area contributed by atoms with Crippen LogP contribution in [-0.4, -0.2) is 137 Å². The zero-order valence-electron chi connectivity index (χ0n) is 48.7. The summed E-state index contributed by atoms with van der Waals surface area (Å²) >= 11 is 0. The normalized spacial score (nSPS) is 12.9. The quantitative estimate of drug-likeness (QED) is 0.0405. The van der Waals surface area contributed by atoms with Crippen LogP contribution < -0.4 is 16.0 Å². The van der Waals surface area contributed by atoms with Gasteiger partial charge in [0.1, 0.15) is 12.1 Å². The number of hydrogen-bond acceptors (Lipinski definition) is 8. The summed E-state index contributed by atoms with van der Waals surface area (Å²) in [5, 5.41) is 9.22. The van der Waals surface area contributed by atoms with Gasteiger partial charge in [-0.15, -0.1) is 0 Å². The Labute approximate surface area is 449 Å². The Bertz CT molecular complexity index is 1450. The Morgan fingerprint density at radius 2 is 0.808 bits per heavy atom. The first kappa shape index (κ1) is 69.7. The Morgan fingerprint density at radius 3 is 1.18 bits per heavy atom. The fraction of sp³-hybridized carbons (Fsp3) is 0.803. The Hall–Kier alpha value is -3.32. The number of nitrogens with zero attached hydrogens (tertiary/aromatic N) is 3.